The second kappa shape index (κ2) is 5.87. The molecule has 112 valence electrons. The van der Waals surface area contributed by atoms with Gasteiger partial charge in [0.15, 0.2) is 5.82 Å². The number of aromatic nitrogens is 3. The van der Waals surface area contributed by atoms with Crippen molar-refractivity contribution in [2.75, 3.05) is 7.11 Å². The van der Waals surface area contributed by atoms with Crippen molar-refractivity contribution in [3.8, 4) is 22.8 Å². The molecular weight excluding hydrogens is 325 g/mol. The minimum Gasteiger partial charge on any atom is -0.497 e. The Morgan fingerprint density at radius 1 is 1.14 bits per heavy atom. The van der Waals surface area contributed by atoms with Crippen LogP contribution in [0, 0.1) is 0 Å². The first-order valence-corrected chi connectivity index (χ1v) is 7.14. The maximum Gasteiger partial charge on any atom is 0.348 e. The molecule has 1 N–H and O–H groups in total. The van der Waals surface area contributed by atoms with Gasteiger partial charge in [-0.25, -0.2) is 4.79 Å². The van der Waals surface area contributed by atoms with Gasteiger partial charge in [-0.1, -0.05) is 41.4 Å². The smallest absolute Gasteiger partial charge is 0.348 e. The number of para-hydroxylation sites is 1. The summed E-state index contributed by atoms with van der Waals surface area (Å²) in [6.45, 7) is 0. The number of hydrogen-bond acceptors (Lipinski definition) is 3. The first-order valence-electron chi connectivity index (χ1n) is 6.38. The quantitative estimate of drug-likeness (QED) is 0.796. The Morgan fingerprint density at radius 3 is 2.50 bits per heavy atom. The minimum absolute atomic E-state index is 0.346. The number of benzene rings is 2. The monoisotopic (exact) mass is 335 g/mol. The van der Waals surface area contributed by atoms with E-state index in [9.17, 15) is 4.79 Å². The molecule has 5 nitrogen and oxygen atoms in total. The molecule has 0 amide bonds. The Bertz CT molecular complexity index is 866. The number of H-pyrrole nitrogens is 1. The number of aromatic amines is 1. The van der Waals surface area contributed by atoms with Crippen molar-refractivity contribution in [1.82, 2.24) is 14.8 Å². The summed E-state index contributed by atoms with van der Waals surface area (Å²) in [5.41, 5.74) is 0.646. The summed E-state index contributed by atoms with van der Waals surface area (Å²) in [4.78, 5) is 14.9. The zero-order valence-corrected chi connectivity index (χ0v) is 13.0. The normalized spacial score (nSPS) is 10.7. The molecular formula is C15H11Cl2N3O2. The number of halogens is 2. The molecule has 1 heterocycles. The number of ether oxygens (including phenoxy) is 1. The van der Waals surface area contributed by atoms with Gasteiger partial charge in [-0.2, -0.15) is 4.68 Å². The van der Waals surface area contributed by atoms with Crippen LogP contribution < -0.4 is 10.4 Å². The van der Waals surface area contributed by atoms with Gasteiger partial charge in [0.25, 0.3) is 0 Å². The van der Waals surface area contributed by atoms with Gasteiger partial charge in [0, 0.05) is 5.56 Å². The summed E-state index contributed by atoms with van der Waals surface area (Å²) in [7, 11) is 1.57. The molecule has 2 aromatic carbocycles. The van der Waals surface area contributed by atoms with Crippen LogP contribution >= 0.6 is 23.2 Å². The Hall–Kier alpha value is -2.24. The highest BCUT2D eigenvalue weighted by Crippen LogP contribution is 2.27. The van der Waals surface area contributed by atoms with Crippen molar-refractivity contribution in [3.63, 3.8) is 0 Å². The van der Waals surface area contributed by atoms with Crippen LogP contribution in [0.15, 0.2) is 47.3 Å². The fourth-order valence-electron chi connectivity index (χ4n) is 2.07. The fraction of sp³-hybridized carbons (Fsp3) is 0.0667. The van der Waals surface area contributed by atoms with Gasteiger partial charge in [0.05, 0.1) is 17.2 Å². The van der Waals surface area contributed by atoms with Crippen molar-refractivity contribution in [2.45, 2.75) is 0 Å². The SMILES string of the molecule is COc1cccc(-c2nn(-c3c(Cl)cccc3Cl)c(=O)[nH]2)c1. The van der Waals surface area contributed by atoms with Crippen LogP contribution in [-0.2, 0) is 0 Å². The van der Waals surface area contributed by atoms with E-state index in [0.717, 1.165) is 10.2 Å². The minimum atomic E-state index is -0.423. The van der Waals surface area contributed by atoms with E-state index in [1.165, 1.54) is 0 Å². The number of nitrogens with one attached hydrogen (secondary N) is 1. The molecule has 1 aromatic heterocycles. The van der Waals surface area contributed by atoms with E-state index in [0.29, 0.717) is 27.3 Å². The van der Waals surface area contributed by atoms with Gasteiger partial charge in [0.1, 0.15) is 11.4 Å². The van der Waals surface area contributed by atoms with E-state index in [4.69, 9.17) is 27.9 Å². The first-order chi connectivity index (χ1) is 10.6. The van der Waals surface area contributed by atoms with Crippen molar-refractivity contribution < 1.29 is 4.74 Å². The third kappa shape index (κ3) is 2.61. The molecule has 0 bridgehead atoms. The first kappa shape index (κ1) is 14.7. The molecule has 0 saturated carbocycles. The lowest BCUT2D eigenvalue weighted by atomic mass is 10.2. The van der Waals surface area contributed by atoms with Crippen molar-refractivity contribution in [1.29, 1.82) is 0 Å². The maximum absolute atomic E-state index is 12.2. The Labute approximate surface area is 136 Å². The molecule has 22 heavy (non-hydrogen) atoms. The van der Waals surface area contributed by atoms with Gasteiger partial charge in [-0.3, -0.25) is 4.98 Å². The van der Waals surface area contributed by atoms with Gasteiger partial charge in [-0.15, -0.1) is 5.10 Å². The van der Waals surface area contributed by atoms with Crippen molar-refractivity contribution in [3.05, 3.63) is 63.0 Å². The molecule has 0 unspecified atom stereocenters. The topological polar surface area (TPSA) is 59.9 Å². The lowest BCUT2D eigenvalue weighted by molar-refractivity contribution is 0.415. The third-order valence-electron chi connectivity index (χ3n) is 3.11. The van der Waals surface area contributed by atoms with E-state index in [-0.39, 0.29) is 0 Å². The molecule has 0 spiro atoms. The predicted octanol–water partition coefficient (Wildman–Crippen LogP) is 3.54. The van der Waals surface area contributed by atoms with E-state index >= 15 is 0 Å². The number of methoxy groups -OCH3 is 1. The molecule has 0 aliphatic heterocycles. The molecule has 0 radical (unpaired) electrons. The Kier molecular flexibility index (Phi) is 3.92. The molecule has 7 heteroatoms. The van der Waals surface area contributed by atoms with Gasteiger partial charge >= 0.3 is 5.69 Å². The molecule has 0 fully saturated rings. The highest BCUT2D eigenvalue weighted by molar-refractivity contribution is 6.37. The summed E-state index contributed by atoms with van der Waals surface area (Å²) in [6, 6.07) is 12.2. The summed E-state index contributed by atoms with van der Waals surface area (Å²) in [6.07, 6.45) is 0. The van der Waals surface area contributed by atoms with Crippen LogP contribution in [0.25, 0.3) is 17.1 Å². The van der Waals surface area contributed by atoms with Crippen LogP contribution in [0.2, 0.25) is 10.0 Å². The van der Waals surface area contributed by atoms with Crippen LogP contribution in [-0.4, -0.2) is 21.9 Å². The lowest BCUT2D eigenvalue weighted by Crippen LogP contribution is -2.16. The van der Waals surface area contributed by atoms with Crippen LogP contribution in [0.3, 0.4) is 0 Å². The summed E-state index contributed by atoms with van der Waals surface area (Å²) in [5.74, 6) is 1.07. The summed E-state index contributed by atoms with van der Waals surface area (Å²) >= 11 is 12.2. The third-order valence-corrected chi connectivity index (χ3v) is 3.72. The number of nitrogens with zero attached hydrogens (tertiary/aromatic N) is 2. The second-order valence-corrected chi connectivity index (χ2v) is 5.31. The molecule has 0 aliphatic carbocycles. The zero-order valence-electron chi connectivity index (χ0n) is 11.5. The van der Waals surface area contributed by atoms with E-state index in [1.807, 2.05) is 18.2 Å². The van der Waals surface area contributed by atoms with Gasteiger partial charge in [0.2, 0.25) is 0 Å². The average Bonchev–Trinajstić information content (AvgIpc) is 2.89. The standard InChI is InChI=1S/C15H11Cl2N3O2/c1-22-10-5-2-4-9(8-10)14-18-15(21)20(19-14)13-11(16)6-3-7-12(13)17/h2-8H,1H3,(H,18,19,21). The Balaban J connectivity index is 2.14. The average molecular weight is 336 g/mol. The predicted molar refractivity (Wildman–Crippen MR) is 86.2 cm³/mol. The molecule has 0 aliphatic rings. The molecule has 3 aromatic rings. The van der Waals surface area contributed by atoms with Crippen LogP contribution in [0.4, 0.5) is 0 Å². The zero-order chi connectivity index (χ0) is 15.7. The number of hydrogen-bond donors (Lipinski definition) is 1. The van der Waals surface area contributed by atoms with Crippen LogP contribution in [0.1, 0.15) is 0 Å². The van der Waals surface area contributed by atoms with E-state index in [1.54, 1.807) is 31.4 Å². The second-order valence-electron chi connectivity index (χ2n) is 4.49. The largest absolute Gasteiger partial charge is 0.497 e. The number of rotatable bonds is 3. The van der Waals surface area contributed by atoms with E-state index < -0.39 is 5.69 Å². The van der Waals surface area contributed by atoms with E-state index in [2.05, 4.69) is 10.1 Å². The van der Waals surface area contributed by atoms with Gasteiger partial charge < -0.3 is 4.74 Å². The highest BCUT2D eigenvalue weighted by atomic mass is 35.5. The molecule has 3 rings (SSSR count). The fourth-order valence-corrected chi connectivity index (χ4v) is 2.63. The molecule has 0 saturated heterocycles. The van der Waals surface area contributed by atoms with Crippen molar-refractivity contribution >= 4 is 23.2 Å². The lowest BCUT2D eigenvalue weighted by Gasteiger charge is -2.04. The molecule has 0 atom stereocenters. The summed E-state index contributed by atoms with van der Waals surface area (Å²) < 4.78 is 6.32. The highest BCUT2D eigenvalue weighted by Gasteiger charge is 2.14. The summed E-state index contributed by atoms with van der Waals surface area (Å²) in [5, 5.41) is 4.96. The maximum atomic E-state index is 12.2. The van der Waals surface area contributed by atoms with Crippen molar-refractivity contribution in [2.24, 2.45) is 0 Å². The van der Waals surface area contributed by atoms with Crippen LogP contribution in [0.5, 0.6) is 5.75 Å². The Morgan fingerprint density at radius 2 is 1.82 bits per heavy atom. The van der Waals surface area contributed by atoms with Gasteiger partial charge in [-0.05, 0) is 24.3 Å².